The molecule has 1 atom stereocenters. The highest BCUT2D eigenvalue weighted by atomic mass is 32.2. The summed E-state index contributed by atoms with van der Waals surface area (Å²) in [5.74, 6) is -0.0568. The van der Waals surface area contributed by atoms with Gasteiger partial charge in [-0.2, -0.15) is 5.10 Å². The van der Waals surface area contributed by atoms with Crippen LogP contribution in [0.15, 0.2) is 42.6 Å². The van der Waals surface area contributed by atoms with E-state index in [2.05, 4.69) is 15.5 Å². The summed E-state index contributed by atoms with van der Waals surface area (Å²) in [7, 11) is -3.43. The molecule has 2 heterocycles. The van der Waals surface area contributed by atoms with Crippen LogP contribution >= 0.6 is 0 Å². The standard InChI is InChI=1S/C16H20N4O3S/c21-16(18-15-8-9-17-19-15)14-7-4-10-20(11-14)24(22,23)12-13-5-2-1-3-6-13/h1-3,5-6,8-9,14H,4,7,10-12H2,(H2,17,18,19,21)/t14-/m0/s1. The first-order chi connectivity index (χ1) is 11.5. The van der Waals surface area contributed by atoms with Crippen LogP contribution in [0.1, 0.15) is 18.4 Å². The Kier molecular flexibility index (Phi) is 4.96. The van der Waals surface area contributed by atoms with E-state index < -0.39 is 10.0 Å². The molecule has 128 valence electrons. The fourth-order valence-corrected chi connectivity index (χ4v) is 4.46. The molecule has 1 aliphatic heterocycles. The molecule has 1 aromatic heterocycles. The lowest BCUT2D eigenvalue weighted by Crippen LogP contribution is -2.44. The number of hydrogen-bond donors (Lipinski definition) is 2. The van der Waals surface area contributed by atoms with E-state index in [1.807, 2.05) is 18.2 Å². The van der Waals surface area contributed by atoms with E-state index in [-0.39, 0.29) is 24.1 Å². The average molecular weight is 348 g/mol. The summed E-state index contributed by atoms with van der Waals surface area (Å²) in [6.45, 7) is 0.679. The normalized spacial score (nSPS) is 19.1. The fourth-order valence-electron chi connectivity index (χ4n) is 2.85. The zero-order valence-corrected chi connectivity index (χ0v) is 14.0. The molecule has 1 amide bonds. The molecule has 7 nitrogen and oxygen atoms in total. The highest BCUT2D eigenvalue weighted by Gasteiger charge is 2.32. The highest BCUT2D eigenvalue weighted by Crippen LogP contribution is 2.22. The summed E-state index contributed by atoms with van der Waals surface area (Å²) in [4.78, 5) is 12.3. The number of sulfonamides is 1. The molecule has 1 fully saturated rings. The predicted molar refractivity (Wildman–Crippen MR) is 90.6 cm³/mol. The Morgan fingerprint density at radius 3 is 2.79 bits per heavy atom. The van der Waals surface area contributed by atoms with Crippen LogP contribution in [-0.4, -0.2) is 41.9 Å². The van der Waals surface area contributed by atoms with Crippen LogP contribution in [-0.2, 0) is 20.6 Å². The highest BCUT2D eigenvalue weighted by molar-refractivity contribution is 7.88. The number of aromatic amines is 1. The van der Waals surface area contributed by atoms with Gasteiger partial charge in [0.25, 0.3) is 0 Å². The molecule has 0 bridgehead atoms. The van der Waals surface area contributed by atoms with Crippen LogP contribution in [0.25, 0.3) is 0 Å². The zero-order chi connectivity index (χ0) is 17.0. The van der Waals surface area contributed by atoms with Crippen molar-refractivity contribution in [3.63, 3.8) is 0 Å². The van der Waals surface area contributed by atoms with Crippen molar-refractivity contribution in [1.82, 2.24) is 14.5 Å². The molecule has 0 aliphatic carbocycles. The molecule has 8 heteroatoms. The van der Waals surface area contributed by atoms with Gasteiger partial charge in [0.1, 0.15) is 5.82 Å². The van der Waals surface area contributed by atoms with Crippen molar-refractivity contribution in [2.45, 2.75) is 18.6 Å². The maximum Gasteiger partial charge on any atom is 0.229 e. The van der Waals surface area contributed by atoms with Crippen molar-refractivity contribution in [1.29, 1.82) is 0 Å². The van der Waals surface area contributed by atoms with Gasteiger partial charge in [0.15, 0.2) is 0 Å². The SMILES string of the molecule is O=C(Nc1ccn[nH]1)[C@H]1CCCN(S(=O)(=O)Cc2ccccc2)C1. The molecule has 24 heavy (non-hydrogen) atoms. The molecular formula is C16H20N4O3S. The minimum atomic E-state index is -3.43. The summed E-state index contributed by atoms with van der Waals surface area (Å²) in [6, 6.07) is 10.7. The van der Waals surface area contributed by atoms with Gasteiger partial charge in [-0.05, 0) is 18.4 Å². The van der Waals surface area contributed by atoms with Gasteiger partial charge in [0.2, 0.25) is 15.9 Å². The second kappa shape index (κ2) is 7.14. The Balaban J connectivity index is 1.65. The Labute approximate surface area is 141 Å². The van der Waals surface area contributed by atoms with E-state index in [1.165, 1.54) is 4.31 Å². The van der Waals surface area contributed by atoms with Crippen molar-refractivity contribution in [2.75, 3.05) is 18.4 Å². The number of H-pyrrole nitrogens is 1. The molecule has 2 N–H and O–H groups in total. The average Bonchev–Trinajstić information content (AvgIpc) is 3.08. The minimum Gasteiger partial charge on any atom is -0.311 e. The van der Waals surface area contributed by atoms with Gasteiger partial charge >= 0.3 is 0 Å². The largest absolute Gasteiger partial charge is 0.311 e. The maximum absolute atomic E-state index is 12.6. The minimum absolute atomic E-state index is 0.0390. The monoisotopic (exact) mass is 348 g/mol. The van der Waals surface area contributed by atoms with Crippen LogP contribution in [0.5, 0.6) is 0 Å². The number of hydrogen-bond acceptors (Lipinski definition) is 4. The zero-order valence-electron chi connectivity index (χ0n) is 13.2. The van der Waals surface area contributed by atoms with E-state index in [4.69, 9.17) is 0 Å². The predicted octanol–water partition coefficient (Wildman–Crippen LogP) is 1.59. The van der Waals surface area contributed by atoms with Gasteiger partial charge in [-0.15, -0.1) is 0 Å². The summed E-state index contributed by atoms with van der Waals surface area (Å²) in [6.07, 6.45) is 2.90. The number of amides is 1. The Bertz CT molecular complexity index is 775. The lowest BCUT2D eigenvalue weighted by Gasteiger charge is -2.31. The van der Waals surface area contributed by atoms with Gasteiger partial charge < -0.3 is 5.32 Å². The number of piperidine rings is 1. The summed E-state index contributed by atoms with van der Waals surface area (Å²) in [5.41, 5.74) is 0.751. The number of aromatic nitrogens is 2. The first-order valence-corrected chi connectivity index (χ1v) is 9.47. The quantitative estimate of drug-likeness (QED) is 0.858. The van der Waals surface area contributed by atoms with Gasteiger partial charge in [0, 0.05) is 19.2 Å². The molecule has 1 aromatic carbocycles. The number of anilines is 1. The Hall–Kier alpha value is -2.19. The van der Waals surface area contributed by atoms with Crippen LogP contribution in [0, 0.1) is 5.92 Å². The van der Waals surface area contributed by atoms with Gasteiger partial charge in [0.05, 0.1) is 17.9 Å². The van der Waals surface area contributed by atoms with E-state index in [9.17, 15) is 13.2 Å². The first-order valence-electron chi connectivity index (χ1n) is 7.86. The number of nitrogens with one attached hydrogen (secondary N) is 2. The van der Waals surface area contributed by atoms with E-state index >= 15 is 0 Å². The molecule has 0 radical (unpaired) electrons. The summed E-state index contributed by atoms with van der Waals surface area (Å²) in [5, 5.41) is 9.18. The van der Waals surface area contributed by atoms with Gasteiger partial charge in [-0.1, -0.05) is 30.3 Å². The lowest BCUT2D eigenvalue weighted by molar-refractivity contribution is -0.120. The molecule has 3 rings (SSSR count). The molecule has 0 unspecified atom stereocenters. The second-order valence-corrected chi connectivity index (χ2v) is 7.87. The van der Waals surface area contributed by atoms with Crippen molar-refractivity contribution < 1.29 is 13.2 Å². The number of benzene rings is 1. The van der Waals surface area contributed by atoms with Crippen molar-refractivity contribution in [2.24, 2.45) is 5.92 Å². The third-order valence-electron chi connectivity index (χ3n) is 4.10. The number of carbonyl (C=O) groups is 1. The first kappa shape index (κ1) is 16.7. The van der Waals surface area contributed by atoms with E-state index in [1.54, 1.807) is 24.4 Å². The number of carbonyl (C=O) groups excluding carboxylic acids is 1. The van der Waals surface area contributed by atoms with Crippen LogP contribution in [0.3, 0.4) is 0 Å². The van der Waals surface area contributed by atoms with Crippen LogP contribution in [0.4, 0.5) is 5.82 Å². The number of rotatable bonds is 5. The third kappa shape index (κ3) is 4.01. The smallest absolute Gasteiger partial charge is 0.229 e. The molecule has 1 aliphatic rings. The van der Waals surface area contributed by atoms with Gasteiger partial charge in [-0.25, -0.2) is 12.7 Å². The summed E-state index contributed by atoms with van der Waals surface area (Å²) < 4.78 is 26.7. The van der Waals surface area contributed by atoms with Crippen molar-refractivity contribution >= 4 is 21.7 Å². The Morgan fingerprint density at radius 1 is 1.29 bits per heavy atom. The van der Waals surface area contributed by atoms with Gasteiger partial charge in [-0.3, -0.25) is 9.89 Å². The third-order valence-corrected chi connectivity index (χ3v) is 5.92. The number of nitrogens with zero attached hydrogens (tertiary/aromatic N) is 2. The second-order valence-electron chi connectivity index (χ2n) is 5.90. The molecule has 0 spiro atoms. The van der Waals surface area contributed by atoms with Crippen LogP contribution < -0.4 is 5.32 Å². The van der Waals surface area contributed by atoms with E-state index in [0.29, 0.717) is 25.2 Å². The molecule has 2 aromatic rings. The van der Waals surface area contributed by atoms with Crippen molar-refractivity contribution in [3.05, 3.63) is 48.2 Å². The fraction of sp³-hybridized carbons (Fsp3) is 0.375. The molecular weight excluding hydrogens is 328 g/mol. The summed E-state index contributed by atoms with van der Waals surface area (Å²) >= 11 is 0. The topological polar surface area (TPSA) is 95.2 Å². The van der Waals surface area contributed by atoms with E-state index in [0.717, 1.165) is 5.56 Å². The Morgan fingerprint density at radius 2 is 2.08 bits per heavy atom. The molecule has 0 saturated carbocycles. The molecule has 1 saturated heterocycles. The maximum atomic E-state index is 12.6. The van der Waals surface area contributed by atoms with Crippen molar-refractivity contribution in [3.8, 4) is 0 Å². The lowest BCUT2D eigenvalue weighted by atomic mass is 9.99. The van der Waals surface area contributed by atoms with Crippen LogP contribution in [0.2, 0.25) is 0 Å².